The maximum Gasteiger partial charge on any atom is 0.215 e. The zero-order valence-corrected chi connectivity index (χ0v) is 13.0. The Morgan fingerprint density at radius 2 is 1.94 bits per heavy atom. The molecule has 1 atom stereocenters. The molecule has 0 aromatic heterocycles. The van der Waals surface area contributed by atoms with Crippen molar-refractivity contribution in [2.24, 2.45) is 5.92 Å². The first-order valence-electron chi connectivity index (χ1n) is 6.11. The van der Waals surface area contributed by atoms with Gasteiger partial charge >= 0.3 is 0 Å². The molecule has 5 heteroatoms. The van der Waals surface area contributed by atoms with Gasteiger partial charge in [-0.1, -0.05) is 53.2 Å². The molecular formula is C13H20BrNO2S. The average molecular weight is 334 g/mol. The lowest BCUT2D eigenvalue weighted by Crippen LogP contribution is -2.26. The fourth-order valence-corrected chi connectivity index (χ4v) is 3.11. The van der Waals surface area contributed by atoms with Crippen LogP contribution < -0.4 is 4.72 Å². The van der Waals surface area contributed by atoms with Crippen molar-refractivity contribution in [3.63, 3.8) is 0 Å². The molecule has 1 unspecified atom stereocenters. The van der Waals surface area contributed by atoms with E-state index in [1.807, 2.05) is 30.3 Å². The van der Waals surface area contributed by atoms with E-state index >= 15 is 0 Å². The number of hydrogen-bond donors (Lipinski definition) is 1. The largest absolute Gasteiger partial charge is 0.215 e. The Morgan fingerprint density at radius 1 is 1.28 bits per heavy atom. The van der Waals surface area contributed by atoms with Gasteiger partial charge in [-0.05, 0) is 24.3 Å². The van der Waals surface area contributed by atoms with Gasteiger partial charge in [0.2, 0.25) is 10.0 Å². The van der Waals surface area contributed by atoms with Crippen LogP contribution in [0.5, 0.6) is 0 Å². The van der Waals surface area contributed by atoms with Gasteiger partial charge in [0.25, 0.3) is 0 Å². The van der Waals surface area contributed by atoms with Gasteiger partial charge in [0.15, 0.2) is 0 Å². The highest BCUT2D eigenvalue weighted by atomic mass is 79.9. The molecular weight excluding hydrogens is 314 g/mol. The van der Waals surface area contributed by atoms with E-state index in [1.54, 1.807) is 0 Å². The number of sulfonamides is 1. The molecule has 0 saturated carbocycles. The lowest BCUT2D eigenvalue weighted by Gasteiger charge is -2.09. The summed E-state index contributed by atoms with van der Waals surface area (Å²) in [4.78, 5) is 0. The molecule has 0 radical (unpaired) electrons. The number of alkyl halides is 1. The molecule has 1 N–H and O–H groups in total. The summed E-state index contributed by atoms with van der Waals surface area (Å²) in [6.07, 6.45) is 1.90. The Kier molecular flexibility index (Phi) is 6.89. The first kappa shape index (κ1) is 15.7. The minimum Gasteiger partial charge on any atom is -0.215 e. The predicted molar refractivity (Wildman–Crippen MR) is 79.3 cm³/mol. The first-order valence-corrected chi connectivity index (χ1v) is 8.88. The number of benzene rings is 1. The quantitative estimate of drug-likeness (QED) is 0.587. The molecule has 0 fully saturated rings. The van der Waals surface area contributed by atoms with Crippen LogP contribution in [-0.4, -0.2) is 20.3 Å². The minimum atomic E-state index is -3.20. The summed E-state index contributed by atoms with van der Waals surface area (Å²) in [6, 6.07) is 9.23. The summed E-state index contributed by atoms with van der Waals surface area (Å²) in [5, 5.41) is 0.962. The van der Waals surface area contributed by atoms with Crippen molar-refractivity contribution < 1.29 is 8.42 Å². The maximum atomic E-state index is 11.8. The smallest absolute Gasteiger partial charge is 0.215 e. The van der Waals surface area contributed by atoms with Crippen molar-refractivity contribution in [1.29, 1.82) is 0 Å². The van der Waals surface area contributed by atoms with Crippen LogP contribution in [0.4, 0.5) is 0 Å². The van der Waals surface area contributed by atoms with Gasteiger partial charge in [-0.2, -0.15) is 0 Å². The first-order chi connectivity index (χ1) is 8.53. The van der Waals surface area contributed by atoms with Gasteiger partial charge in [-0.3, -0.25) is 0 Å². The zero-order chi connectivity index (χ0) is 13.4. The Bertz CT molecular complexity index is 434. The number of rotatable bonds is 8. The summed E-state index contributed by atoms with van der Waals surface area (Å²) < 4.78 is 26.2. The van der Waals surface area contributed by atoms with E-state index in [9.17, 15) is 8.42 Å². The SMILES string of the molecule is CC(CBr)CCCNS(=O)(=O)Cc1ccccc1. The molecule has 1 aromatic carbocycles. The lowest BCUT2D eigenvalue weighted by molar-refractivity contribution is 0.546. The molecule has 0 bridgehead atoms. The van der Waals surface area contributed by atoms with Crippen molar-refractivity contribution in [1.82, 2.24) is 4.72 Å². The molecule has 102 valence electrons. The summed E-state index contributed by atoms with van der Waals surface area (Å²) >= 11 is 3.41. The summed E-state index contributed by atoms with van der Waals surface area (Å²) in [7, 11) is -3.20. The monoisotopic (exact) mass is 333 g/mol. The van der Waals surface area contributed by atoms with Gasteiger partial charge < -0.3 is 0 Å². The molecule has 0 saturated heterocycles. The van der Waals surface area contributed by atoms with Crippen LogP contribution >= 0.6 is 15.9 Å². The van der Waals surface area contributed by atoms with Gasteiger partial charge in [-0.15, -0.1) is 0 Å². The number of halogens is 1. The fourth-order valence-electron chi connectivity index (χ4n) is 1.60. The standard InChI is InChI=1S/C13H20BrNO2S/c1-12(10-14)6-5-9-15-18(16,17)11-13-7-3-2-4-8-13/h2-4,7-8,12,15H,5-6,9-11H2,1H3. The van der Waals surface area contributed by atoms with E-state index in [-0.39, 0.29) is 5.75 Å². The molecule has 0 aliphatic rings. The van der Waals surface area contributed by atoms with Gasteiger partial charge in [-0.25, -0.2) is 13.1 Å². The molecule has 18 heavy (non-hydrogen) atoms. The third kappa shape index (κ3) is 6.52. The van der Waals surface area contributed by atoms with Crippen molar-refractivity contribution in [2.75, 3.05) is 11.9 Å². The van der Waals surface area contributed by atoms with E-state index in [0.29, 0.717) is 12.5 Å². The van der Waals surface area contributed by atoms with E-state index < -0.39 is 10.0 Å². The van der Waals surface area contributed by atoms with Crippen molar-refractivity contribution >= 4 is 26.0 Å². The molecule has 0 spiro atoms. The fraction of sp³-hybridized carbons (Fsp3) is 0.538. The van der Waals surface area contributed by atoms with Crippen LogP contribution in [0.1, 0.15) is 25.3 Å². The van der Waals surface area contributed by atoms with Gasteiger partial charge in [0, 0.05) is 11.9 Å². The van der Waals surface area contributed by atoms with E-state index in [0.717, 1.165) is 23.7 Å². The van der Waals surface area contributed by atoms with Crippen LogP contribution in [0, 0.1) is 5.92 Å². The highest BCUT2D eigenvalue weighted by molar-refractivity contribution is 9.09. The lowest BCUT2D eigenvalue weighted by atomic mass is 10.1. The molecule has 1 rings (SSSR count). The molecule has 0 aliphatic heterocycles. The zero-order valence-electron chi connectivity index (χ0n) is 10.6. The molecule has 0 heterocycles. The highest BCUT2D eigenvalue weighted by Crippen LogP contribution is 2.08. The Balaban J connectivity index is 2.32. The van der Waals surface area contributed by atoms with E-state index in [2.05, 4.69) is 27.6 Å². The Labute approximate surface area is 118 Å². The van der Waals surface area contributed by atoms with Gasteiger partial charge in [0.05, 0.1) is 5.75 Å². The van der Waals surface area contributed by atoms with E-state index in [4.69, 9.17) is 0 Å². The van der Waals surface area contributed by atoms with Crippen LogP contribution in [0.3, 0.4) is 0 Å². The normalized spacial score (nSPS) is 13.4. The molecule has 1 aromatic rings. The molecule has 3 nitrogen and oxygen atoms in total. The van der Waals surface area contributed by atoms with Crippen molar-refractivity contribution in [3.8, 4) is 0 Å². The van der Waals surface area contributed by atoms with Crippen molar-refractivity contribution in [3.05, 3.63) is 35.9 Å². The van der Waals surface area contributed by atoms with Crippen molar-refractivity contribution in [2.45, 2.75) is 25.5 Å². The summed E-state index contributed by atoms with van der Waals surface area (Å²) in [6.45, 7) is 2.67. The minimum absolute atomic E-state index is 0.0574. The average Bonchev–Trinajstić information content (AvgIpc) is 2.35. The molecule has 0 amide bonds. The second-order valence-corrected chi connectivity index (χ2v) is 7.00. The maximum absolute atomic E-state index is 11.8. The van der Waals surface area contributed by atoms with Gasteiger partial charge in [0.1, 0.15) is 0 Å². The van der Waals surface area contributed by atoms with Crippen LogP contribution in [0.25, 0.3) is 0 Å². The topological polar surface area (TPSA) is 46.2 Å². The van der Waals surface area contributed by atoms with Crippen LogP contribution in [0.15, 0.2) is 30.3 Å². The summed E-state index contributed by atoms with van der Waals surface area (Å²) in [5.41, 5.74) is 0.818. The second kappa shape index (κ2) is 7.92. The third-order valence-electron chi connectivity index (χ3n) is 2.66. The number of hydrogen-bond acceptors (Lipinski definition) is 2. The third-order valence-corrected chi connectivity index (χ3v) is 5.12. The Morgan fingerprint density at radius 3 is 2.56 bits per heavy atom. The molecule has 0 aliphatic carbocycles. The second-order valence-electron chi connectivity index (χ2n) is 4.54. The summed E-state index contributed by atoms with van der Waals surface area (Å²) in [5.74, 6) is 0.644. The Hall–Kier alpha value is -0.390. The number of nitrogens with one attached hydrogen (secondary N) is 1. The van der Waals surface area contributed by atoms with Crippen LogP contribution in [-0.2, 0) is 15.8 Å². The van der Waals surface area contributed by atoms with Crippen LogP contribution in [0.2, 0.25) is 0 Å². The van der Waals surface area contributed by atoms with E-state index in [1.165, 1.54) is 0 Å². The highest BCUT2D eigenvalue weighted by Gasteiger charge is 2.10. The predicted octanol–water partition coefficient (Wildman–Crippen LogP) is 2.92.